The Morgan fingerprint density at radius 3 is 2.47 bits per heavy atom. The summed E-state index contributed by atoms with van der Waals surface area (Å²) in [6, 6.07) is 15.2. The van der Waals surface area contributed by atoms with Crippen molar-refractivity contribution in [3.8, 4) is 0 Å². The van der Waals surface area contributed by atoms with Crippen molar-refractivity contribution in [3.63, 3.8) is 0 Å². The van der Waals surface area contributed by atoms with E-state index in [4.69, 9.17) is 4.42 Å². The first-order chi connectivity index (χ1) is 8.25. The Bertz CT molecular complexity index is 421. The summed E-state index contributed by atoms with van der Waals surface area (Å²) in [7, 11) is 0. The Morgan fingerprint density at radius 2 is 1.82 bits per heavy atom. The van der Waals surface area contributed by atoms with Gasteiger partial charge in [-0.2, -0.15) is 0 Å². The molecule has 0 radical (unpaired) electrons. The van der Waals surface area contributed by atoms with E-state index in [0.29, 0.717) is 12.1 Å². The number of furan rings is 1. The number of rotatable bonds is 5. The van der Waals surface area contributed by atoms with Crippen LogP contribution in [0.25, 0.3) is 0 Å². The van der Waals surface area contributed by atoms with Crippen LogP contribution in [0.1, 0.15) is 31.2 Å². The van der Waals surface area contributed by atoms with Crippen molar-refractivity contribution in [3.05, 3.63) is 60.1 Å². The van der Waals surface area contributed by atoms with Crippen LogP contribution in [0.4, 0.5) is 0 Å². The van der Waals surface area contributed by atoms with E-state index < -0.39 is 0 Å². The standard InChI is InChI=1S/C15H19NO/c1-12(11-15-9-6-10-17-15)16-13(2)14-7-4-3-5-8-14/h3-10,12-13,16H,11H2,1-2H3/t12-,13+/m1/s1. The van der Waals surface area contributed by atoms with Crippen LogP contribution < -0.4 is 5.32 Å². The van der Waals surface area contributed by atoms with Gasteiger partial charge in [0, 0.05) is 18.5 Å². The Hall–Kier alpha value is -1.54. The first-order valence-electron chi connectivity index (χ1n) is 6.09. The van der Waals surface area contributed by atoms with E-state index in [0.717, 1.165) is 12.2 Å². The SMILES string of the molecule is C[C@H](Cc1ccco1)N[C@@H](C)c1ccccc1. The summed E-state index contributed by atoms with van der Waals surface area (Å²) in [5.74, 6) is 1.03. The molecule has 0 saturated heterocycles. The molecule has 0 fully saturated rings. The van der Waals surface area contributed by atoms with E-state index in [2.05, 4.69) is 43.4 Å². The Balaban J connectivity index is 1.88. The summed E-state index contributed by atoms with van der Waals surface area (Å²) in [4.78, 5) is 0. The van der Waals surface area contributed by atoms with Crippen molar-refractivity contribution < 1.29 is 4.42 Å². The first kappa shape index (κ1) is 11.9. The highest BCUT2D eigenvalue weighted by molar-refractivity contribution is 5.18. The number of hydrogen-bond donors (Lipinski definition) is 1. The average Bonchev–Trinajstić information content (AvgIpc) is 2.82. The molecule has 1 N–H and O–H groups in total. The number of hydrogen-bond acceptors (Lipinski definition) is 2. The van der Waals surface area contributed by atoms with Gasteiger partial charge >= 0.3 is 0 Å². The lowest BCUT2D eigenvalue weighted by Gasteiger charge is -2.19. The zero-order valence-corrected chi connectivity index (χ0v) is 10.4. The maximum atomic E-state index is 5.35. The molecule has 0 amide bonds. The fourth-order valence-corrected chi connectivity index (χ4v) is 2.05. The minimum atomic E-state index is 0.362. The predicted octanol–water partition coefficient (Wildman–Crippen LogP) is 3.56. The van der Waals surface area contributed by atoms with Gasteiger partial charge in [0.1, 0.15) is 5.76 Å². The zero-order valence-electron chi connectivity index (χ0n) is 10.4. The second-order valence-corrected chi connectivity index (χ2v) is 4.48. The molecule has 1 aromatic heterocycles. The lowest BCUT2D eigenvalue weighted by atomic mass is 10.1. The van der Waals surface area contributed by atoms with E-state index in [1.165, 1.54) is 5.56 Å². The van der Waals surface area contributed by atoms with Crippen LogP contribution in [0.2, 0.25) is 0 Å². The molecule has 0 bridgehead atoms. The van der Waals surface area contributed by atoms with Gasteiger partial charge in [0.25, 0.3) is 0 Å². The lowest BCUT2D eigenvalue weighted by molar-refractivity contribution is 0.429. The first-order valence-corrected chi connectivity index (χ1v) is 6.09. The van der Waals surface area contributed by atoms with Gasteiger partial charge in [-0.25, -0.2) is 0 Å². The summed E-state index contributed by atoms with van der Waals surface area (Å²) in [6.07, 6.45) is 2.65. The van der Waals surface area contributed by atoms with E-state index in [1.54, 1.807) is 6.26 Å². The quantitative estimate of drug-likeness (QED) is 0.848. The summed E-state index contributed by atoms with van der Waals surface area (Å²) in [5.41, 5.74) is 1.32. The zero-order chi connectivity index (χ0) is 12.1. The summed E-state index contributed by atoms with van der Waals surface area (Å²) >= 11 is 0. The van der Waals surface area contributed by atoms with Crippen molar-refractivity contribution in [2.24, 2.45) is 0 Å². The topological polar surface area (TPSA) is 25.2 Å². The maximum Gasteiger partial charge on any atom is 0.105 e. The molecule has 0 spiro atoms. The molecule has 2 heteroatoms. The van der Waals surface area contributed by atoms with E-state index >= 15 is 0 Å². The van der Waals surface area contributed by atoms with Crippen LogP contribution in [0.15, 0.2) is 53.1 Å². The molecule has 0 aliphatic carbocycles. The van der Waals surface area contributed by atoms with Crippen LogP contribution in [0.5, 0.6) is 0 Å². The minimum Gasteiger partial charge on any atom is -0.469 e. The van der Waals surface area contributed by atoms with Gasteiger partial charge < -0.3 is 9.73 Å². The molecular formula is C15H19NO. The molecule has 17 heavy (non-hydrogen) atoms. The third-order valence-electron chi connectivity index (χ3n) is 2.92. The van der Waals surface area contributed by atoms with Gasteiger partial charge in [-0.3, -0.25) is 0 Å². The third-order valence-corrected chi connectivity index (χ3v) is 2.92. The Morgan fingerprint density at radius 1 is 1.06 bits per heavy atom. The van der Waals surface area contributed by atoms with Crippen LogP contribution >= 0.6 is 0 Å². The van der Waals surface area contributed by atoms with E-state index in [1.807, 2.05) is 18.2 Å². The molecule has 0 unspecified atom stereocenters. The fraction of sp³-hybridized carbons (Fsp3) is 0.333. The second-order valence-electron chi connectivity index (χ2n) is 4.48. The Kier molecular flexibility index (Phi) is 3.99. The van der Waals surface area contributed by atoms with Gasteiger partial charge in [0.15, 0.2) is 0 Å². The monoisotopic (exact) mass is 229 g/mol. The minimum absolute atomic E-state index is 0.362. The number of nitrogens with one attached hydrogen (secondary N) is 1. The molecule has 0 saturated carbocycles. The molecule has 1 aromatic carbocycles. The largest absolute Gasteiger partial charge is 0.469 e. The smallest absolute Gasteiger partial charge is 0.105 e. The maximum absolute atomic E-state index is 5.35. The van der Waals surface area contributed by atoms with Gasteiger partial charge in [0.05, 0.1) is 6.26 Å². The molecule has 0 aliphatic rings. The highest BCUT2D eigenvalue weighted by atomic mass is 16.3. The van der Waals surface area contributed by atoms with Crippen molar-refractivity contribution in [1.29, 1.82) is 0 Å². The molecule has 2 nitrogen and oxygen atoms in total. The van der Waals surface area contributed by atoms with Crippen molar-refractivity contribution in [2.75, 3.05) is 0 Å². The predicted molar refractivity (Wildman–Crippen MR) is 69.9 cm³/mol. The van der Waals surface area contributed by atoms with Gasteiger partial charge in [-0.05, 0) is 31.5 Å². The molecule has 2 rings (SSSR count). The van der Waals surface area contributed by atoms with Crippen LogP contribution in [-0.2, 0) is 6.42 Å². The van der Waals surface area contributed by atoms with E-state index in [-0.39, 0.29) is 0 Å². The highest BCUT2D eigenvalue weighted by Crippen LogP contribution is 2.13. The van der Waals surface area contributed by atoms with Crippen LogP contribution in [0, 0.1) is 0 Å². The van der Waals surface area contributed by atoms with Gasteiger partial charge in [0.2, 0.25) is 0 Å². The average molecular weight is 229 g/mol. The van der Waals surface area contributed by atoms with Crippen molar-refractivity contribution in [1.82, 2.24) is 5.32 Å². The lowest BCUT2D eigenvalue weighted by Crippen LogP contribution is -2.30. The Labute approximate surface area is 103 Å². The van der Waals surface area contributed by atoms with Crippen molar-refractivity contribution >= 4 is 0 Å². The molecular weight excluding hydrogens is 210 g/mol. The normalized spacial score (nSPS) is 14.5. The van der Waals surface area contributed by atoms with Gasteiger partial charge in [-0.1, -0.05) is 30.3 Å². The molecule has 2 aromatic rings. The fourth-order valence-electron chi connectivity index (χ4n) is 2.05. The summed E-state index contributed by atoms with van der Waals surface area (Å²) in [6.45, 7) is 4.37. The second kappa shape index (κ2) is 5.69. The van der Waals surface area contributed by atoms with Crippen LogP contribution in [0.3, 0.4) is 0 Å². The van der Waals surface area contributed by atoms with E-state index in [9.17, 15) is 0 Å². The number of benzene rings is 1. The summed E-state index contributed by atoms with van der Waals surface area (Å²) in [5, 5.41) is 3.57. The van der Waals surface area contributed by atoms with Crippen molar-refractivity contribution in [2.45, 2.75) is 32.4 Å². The molecule has 1 heterocycles. The molecule has 90 valence electrons. The van der Waals surface area contributed by atoms with Gasteiger partial charge in [-0.15, -0.1) is 0 Å². The molecule has 2 atom stereocenters. The van der Waals surface area contributed by atoms with Crippen LogP contribution in [-0.4, -0.2) is 6.04 Å². The summed E-state index contributed by atoms with van der Waals surface area (Å²) < 4.78 is 5.35. The highest BCUT2D eigenvalue weighted by Gasteiger charge is 2.10. The third kappa shape index (κ3) is 3.46. The molecule has 0 aliphatic heterocycles.